The highest BCUT2D eigenvalue weighted by atomic mass is 35.5. The molecule has 0 radical (unpaired) electrons. The first-order valence-corrected chi connectivity index (χ1v) is 7.17. The van der Waals surface area contributed by atoms with Gasteiger partial charge in [0, 0.05) is 6.07 Å². The van der Waals surface area contributed by atoms with Crippen LogP contribution in [-0.4, -0.2) is 14.5 Å². The minimum absolute atomic E-state index is 0.0426. The summed E-state index contributed by atoms with van der Waals surface area (Å²) < 4.78 is 20.9. The smallest absolute Gasteiger partial charge is 0.214 e. The van der Waals surface area contributed by atoms with Crippen molar-refractivity contribution >= 4 is 34.2 Å². The molecule has 0 saturated heterocycles. The molecule has 0 aliphatic carbocycles. The van der Waals surface area contributed by atoms with Gasteiger partial charge < -0.3 is 8.98 Å². The van der Waals surface area contributed by atoms with Gasteiger partial charge in [-0.2, -0.15) is 0 Å². The summed E-state index contributed by atoms with van der Waals surface area (Å²) in [4.78, 5) is 8.55. The van der Waals surface area contributed by atoms with Crippen molar-refractivity contribution in [1.82, 2.24) is 14.5 Å². The lowest BCUT2D eigenvalue weighted by Gasteiger charge is -2.08. The van der Waals surface area contributed by atoms with E-state index in [1.54, 1.807) is 13.1 Å². The summed E-state index contributed by atoms with van der Waals surface area (Å²) in [6.45, 7) is 3.98. The maximum Gasteiger partial charge on any atom is 0.214 e. The van der Waals surface area contributed by atoms with Crippen LogP contribution in [0.15, 0.2) is 22.7 Å². The summed E-state index contributed by atoms with van der Waals surface area (Å²) in [5.41, 5.74) is 1.20. The van der Waals surface area contributed by atoms with Crippen molar-refractivity contribution in [2.45, 2.75) is 25.8 Å². The van der Waals surface area contributed by atoms with Gasteiger partial charge in [-0.05, 0) is 19.9 Å². The number of aryl methyl sites for hydroxylation is 1. The zero-order valence-corrected chi connectivity index (χ0v) is 12.9. The van der Waals surface area contributed by atoms with Crippen LogP contribution in [0.4, 0.5) is 4.39 Å². The SMILES string of the molecule is Cc1cnc(Cn2c(C(C)Cl)nc3cc(F)c(Cl)cc32)o1. The zero-order valence-electron chi connectivity index (χ0n) is 11.4. The van der Waals surface area contributed by atoms with E-state index in [2.05, 4.69) is 9.97 Å². The lowest BCUT2D eigenvalue weighted by Crippen LogP contribution is -2.06. The number of oxazole rings is 1. The number of imidazole rings is 1. The summed E-state index contributed by atoms with van der Waals surface area (Å²) in [7, 11) is 0. The molecular formula is C14H12Cl2FN3O. The second-order valence-electron chi connectivity index (χ2n) is 4.79. The van der Waals surface area contributed by atoms with E-state index in [-0.39, 0.29) is 10.4 Å². The van der Waals surface area contributed by atoms with Crippen LogP contribution in [0.2, 0.25) is 5.02 Å². The van der Waals surface area contributed by atoms with Crippen LogP contribution in [0.1, 0.15) is 29.8 Å². The highest BCUT2D eigenvalue weighted by Gasteiger charge is 2.18. The third-order valence-corrected chi connectivity index (χ3v) is 3.62. The van der Waals surface area contributed by atoms with E-state index in [4.69, 9.17) is 27.6 Å². The van der Waals surface area contributed by atoms with Crippen molar-refractivity contribution in [2.75, 3.05) is 0 Å². The highest BCUT2D eigenvalue weighted by molar-refractivity contribution is 6.31. The Balaban J connectivity index is 2.17. The maximum absolute atomic E-state index is 13.6. The Kier molecular flexibility index (Phi) is 3.63. The van der Waals surface area contributed by atoms with Crippen LogP contribution in [0.3, 0.4) is 0 Å². The zero-order chi connectivity index (χ0) is 15.1. The first-order chi connectivity index (χ1) is 9.95. The fourth-order valence-electron chi connectivity index (χ4n) is 2.22. The number of nitrogens with zero attached hydrogens (tertiary/aromatic N) is 3. The van der Waals surface area contributed by atoms with Gasteiger partial charge in [-0.3, -0.25) is 0 Å². The second kappa shape index (κ2) is 5.31. The van der Waals surface area contributed by atoms with Crippen LogP contribution in [-0.2, 0) is 6.54 Å². The number of hydrogen-bond acceptors (Lipinski definition) is 3. The van der Waals surface area contributed by atoms with Gasteiger partial charge in [0.1, 0.15) is 23.9 Å². The normalized spacial score (nSPS) is 13.0. The van der Waals surface area contributed by atoms with Crippen LogP contribution in [0.25, 0.3) is 11.0 Å². The first kappa shape index (κ1) is 14.4. The van der Waals surface area contributed by atoms with E-state index in [0.29, 0.717) is 29.3 Å². The van der Waals surface area contributed by atoms with E-state index in [9.17, 15) is 4.39 Å². The first-order valence-electron chi connectivity index (χ1n) is 6.36. The third kappa shape index (κ3) is 2.63. The van der Waals surface area contributed by atoms with Crippen LogP contribution >= 0.6 is 23.2 Å². The predicted molar refractivity (Wildman–Crippen MR) is 79.3 cm³/mol. The van der Waals surface area contributed by atoms with E-state index < -0.39 is 5.82 Å². The fourth-order valence-corrected chi connectivity index (χ4v) is 2.54. The lowest BCUT2D eigenvalue weighted by atomic mass is 10.3. The van der Waals surface area contributed by atoms with E-state index >= 15 is 0 Å². The minimum atomic E-state index is -0.505. The molecule has 3 rings (SSSR count). The Morgan fingerprint density at radius 1 is 1.43 bits per heavy atom. The monoisotopic (exact) mass is 327 g/mol. The number of rotatable bonds is 3. The molecule has 2 aromatic heterocycles. The van der Waals surface area contributed by atoms with Crippen LogP contribution in [0.5, 0.6) is 0 Å². The Labute approximate surface area is 130 Å². The predicted octanol–water partition coefficient (Wildman–Crippen LogP) is 4.47. The third-order valence-electron chi connectivity index (χ3n) is 3.14. The molecule has 21 heavy (non-hydrogen) atoms. The van der Waals surface area contributed by atoms with Gasteiger partial charge in [-0.1, -0.05) is 11.6 Å². The molecule has 7 heteroatoms. The lowest BCUT2D eigenvalue weighted by molar-refractivity contribution is 0.456. The number of hydrogen-bond donors (Lipinski definition) is 0. The molecular weight excluding hydrogens is 316 g/mol. The number of aromatic nitrogens is 3. The molecule has 110 valence electrons. The van der Waals surface area contributed by atoms with Crippen molar-refractivity contribution in [2.24, 2.45) is 0 Å². The summed E-state index contributed by atoms with van der Waals surface area (Å²) >= 11 is 12.0. The van der Waals surface area contributed by atoms with Gasteiger partial charge in [0.05, 0.1) is 27.6 Å². The molecule has 4 nitrogen and oxygen atoms in total. The second-order valence-corrected chi connectivity index (χ2v) is 5.85. The number of benzene rings is 1. The summed E-state index contributed by atoms with van der Waals surface area (Å²) in [5.74, 6) is 1.36. The van der Waals surface area contributed by atoms with Gasteiger partial charge in [0.25, 0.3) is 0 Å². The van der Waals surface area contributed by atoms with Crippen molar-refractivity contribution < 1.29 is 8.81 Å². The van der Waals surface area contributed by atoms with E-state index in [1.807, 2.05) is 11.5 Å². The molecule has 0 bridgehead atoms. The van der Waals surface area contributed by atoms with Gasteiger partial charge in [0.15, 0.2) is 0 Å². The van der Waals surface area contributed by atoms with Gasteiger partial charge in [-0.15, -0.1) is 11.6 Å². The average molecular weight is 328 g/mol. The molecule has 0 aliphatic rings. The molecule has 0 fully saturated rings. The maximum atomic E-state index is 13.6. The Hall–Kier alpha value is -1.59. The van der Waals surface area contributed by atoms with Crippen LogP contribution < -0.4 is 0 Å². The molecule has 1 unspecified atom stereocenters. The number of alkyl halides is 1. The Bertz CT molecular complexity index is 810. The fraction of sp³-hybridized carbons (Fsp3) is 0.286. The molecule has 2 heterocycles. The largest absolute Gasteiger partial charge is 0.444 e. The molecule has 0 saturated carbocycles. The van der Waals surface area contributed by atoms with Crippen molar-refractivity contribution in [3.05, 3.63) is 46.6 Å². The average Bonchev–Trinajstić information content (AvgIpc) is 2.96. The van der Waals surface area contributed by atoms with E-state index in [1.165, 1.54) is 12.1 Å². The van der Waals surface area contributed by atoms with Crippen molar-refractivity contribution in [1.29, 1.82) is 0 Å². The quantitative estimate of drug-likeness (QED) is 0.666. The standard InChI is InChI=1S/C14H12Cl2FN3O/c1-7-5-18-13(21-7)6-20-12-3-9(16)10(17)4-11(12)19-14(20)8(2)15/h3-5,8H,6H2,1-2H3. The number of fused-ring (bicyclic) bond motifs is 1. The molecule has 0 spiro atoms. The minimum Gasteiger partial charge on any atom is -0.444 e. The topological polar surface area (TPSA) is 43.9 Å². The Morgan fingerprint density at radius 2 is 2.19 bits per heavy atom. The summed E-state index contributed by atoms with van der Waals surface area (Å²) in [5, 5.41) is -0.295. The van der Waals surface area contributed by atoms with Gasteiger partial charge >= 0.3 is 0 Å². The molecule has 3 aromatic rings. The van der Waals surface area contributed by atoms with Crippen molar-refractivity contribution in [3.8, 4) is 0 Å². The highest BCUT2D eigenvalue weighted by Crippen LogP contribution is 2.28. The number of halogens is 3. The van der Waals surface area contributed by atoms with Gasteiger partial charge in [-0.25, -0.2) is 14.4 Å². The van der Waals surface area contributed by atoms with E-state index in [0.717, 1.165) is 5.76 Å². The summed E-state index contributed by atoms with van der Waals surface area (Å²) in [6.07, 6.45) is 1.64. The molecule has 0 amide bonds. The van der Waals surface area contributed by atoms with Crippen LogP contribution in [0, 0.1) is 12.7 Å². The molecule has 1 aromatic carbocycles. The Morgan fingerprint density at radius 3 is 2.81 bits per heavy atom. The van der Waals surface area contributed by atoms with Gasteiger partial charge in [0.2, 0.25) is 5.89 Å². The summed E-state index contributed by atoms with van der Waals surface area (Å²) in [6, 6.07) is 2.84. The van der Waals surface area contributed by atoms with Crippen molar-refractivity contribution in [3.63, 3.8) is 0 Å². The molecule has 0 N–H and O–H groups in total. The molecule has 1 atom stereocenters. The molecule has 0 aliphatic heterocycles.